The Kier molecular flexibility index (Phi) is 9.38. The Balaban J connectivity index is 1.50. The zero-order chi connectivity index (χ0) is 32.7. The monoisotopic (exact) mass is 640 g/mol. The van der Waals surface area contributed by atoms with Crippen molar-refractivity contribution in [2.75, 3.05) is 20.3 Å². The molecule has 3 aromatic rings. The molecule has 1 aromatic heterocycles. The highest BCUT2D eigenvalue weighted by Crippen LogP contribution is 2.40. The normalized spacial score (nSPS) is 32.0. The molecule has 5 rings (SSSR count). The summed E-state index contributed by atoms with van der Waals surface area (Å²) in [7, 11) is 1.31. The first-order valence-electron chi connectivity index (χ1n) is 13.5. The second-order valence-electron chi connectivity index (χ2n) is 10.4. The zero-order valence-corrected chi connectivity index (χ0v) is 23.4. The molecule has 10 N–H and O–H groups in total. The molecule has 2 aliphatic heterocycles. The third-order valence-corrected chi connectivity index (χ3v) is 7.57. The van der Waals surface area contributed by atoms with Crippen LogP contribution in [0.3, 0.4) is 0 Å². The molecule has 17 nitrogen and oxygen atoms in total. The Hall–Kier alpha value is -3.75. The van der Waals surface area contributed by atoms with Gasteiger partial charge in [0, 0.05) is 17.7 Å². The Labute approximate surface area is 252 Å². The van der Waals surface area contributed by atoms with Gasteiger partial charge in [0.25, 0.3) is 0 Å². The highest BCUT2D eigenvalue weighted by molar-refractivity contribution is 5.88. The number of methoxy groups -OCH3 is 1. The van der Waals surface area contributed by atoms with Gasteiger partial charge >= 0.3 is 0 Å². The van der Waals surface area contributed by atoms with E-state index in [0.29, 0.717) is 0 Å². The van der Waals surface area contributed by atoms with Crippen molar-refractivity contribution in [1.82, 2.24) is 0 Å². The van der Waals surface area contributed by atoms with Crippen molar-refractivity contribution in [1.29, 1.82) is 0 Å². The van der Waals surface area contributed by atoms with Crippen molar-refractivity contribution in [2.45, 2.75) is 61.4 Å². The van der Waals surface area contributed by atoms with Crippen LogP contribution in [0, 0.1) is 0 Å². The van der Waals surface area contributed by atoms with Crippen LogP contribution in [0.2, 0.25) is 0 Å². The Morgan fingerprint density at radius 2 is 1.42 bits per heavy atom. The second-order valence-corrected chi connectivity index (χ2v) is 10.4. The summed E-state index contributed by atoms with van der Waals surface area (Å²) in [6.45, 7) is -1.65. The average molecular weight is 641 g/mol. The number of benzene rings is 2. The second kappa shape index (κ2) is 12.9. The van der Waals surface area contributed by atoms with Crippen LogP contribution in [0.25, 0.3) is 22.3 Å². The maximum atomic E-state index is 13.7. The molecule has 2 saturated heterocycles. The third-order valence-electron chi connectivity index (χ3n) is 7.57. The number of aliphatic hydroxyl groups is 7. The fourth-order valence-electron chi connectivity index (χ4n) is 5.11. The predicted molar refractivity (Wildman–Crippen MR) is 146 cm³/mol. The molecule has 2 aromatic carbocycles. The van der Waals surface area contributed by atoms with Gasteiger partial charge < -0.3 is 79.2 Å². The first kappa shape index (κ1) is 32.6. The van der Waals surface area contributed by atoms with Crippen LogP contribution in [-0.2, 0) is 14.2 Å². The number of hydrogen-bond acceptors (Lipinski definition) is 17. The van der Waals surface area contributed by atoms with E-state index in [0.717, 1.165) is 18.2 Å². The lowest BCUT2D eigenvalue weighted by Crippen LogP contribution is -2.65. The molecule has 0 radical (unpaired) electrons. The van der Waals surface area contributed by atoms with E-state index in [4.69, 9.17) is 28.1 Å². The van der Waals surface area contributed by atoms with Crippen LogP contribution in [0.15, 0.2) is 39.5 Å². The maximum absolute atomic E-state index is 13.7. The fourth-order valence-corrected chi connectivity index (χ4v) is 5.11. The number of phenolic OH excluding ortho intramolecular Hbond substituents is 3. The summed E-state index contributed by atoms with van der Waals surface area (Å²) in [5.74, 6) is -2.55. The van der Waals surface area contributed by atoms with Gasteiger partial charge in [-0.15, -0.1) is 0 Å². The minimum atomic E-state index is -2.02. The van der Waals surface area contributed by atoms with Crippen LogP contribution in [0.1, 0.15) is 0 Å². The van der Waals surface area contributed by atoms with E-state index in [1.54, 1.807) is 0 Å². The zero-order valence-electron chi connectivity index (χ0n) is 23.4. The summed E-state index contributed by atoms with van der Waals surface area (Å²) in [5, 5.41) is 102. The number of rotatable bonds is 8. The van der Waals surface area contributed by atoms with Gasteiger partial charge in [0.15, 0.2) is 23.5 Å². The molecule has 17 heteroatoms. The summed E-state index contributed by atoms with van der Waals surface area (Å²) in [4.78, 5) is 13.7. The van der Waals surface area contributed by atoms with E-state index >= 15 is 0 Å². The lowest BCUT2D eigenvalue weighted by molar-refractivity contribution is -0.352. The van der Waals surface area contributed by atoms with E-state index in [1.807, 2.05) is 0 Å². The fraction of sp³-hybridized carbons (Fsp3) is 0.464. The van der Waals surface area contributed by atoms with Crippen molar-refractivity contribution >= 4 is 11.0 Å². The summed E-state index contributed by atoms with van der Waals surface area (Å²) < 4.78 is 33.1. The third kappa shape index (κ3) is 5.98. The van der Waals surface area contributed by atoms with Gasteiger partial charge in [-0.1, -0.05) is 0 Å². The molecule has 0 aliphatic carbocycles. The molecule has 246 valence electrons. The van der Waals surface area contributed by atoms with Crippen molar-refractivity contribution in [2.24, 2.45) is 0 Å². The van der Waals surface area contributed by atoms with Crippen LogP contribution in [-0.4, -0.2) is 133 Å². The van der Waals surface area contributed by atoms with Gasteiger partial charge in [0.2, 0.25) is 17.5 Å². The molecule has 0 unspecified atom stereocenters. The first-order valence-corrected chi connectivity index (χ1v) is 13.5. The van der Waals surface area contributed by atoms with Crippen LogP contribution in [0.5, 0.6) is 28.7 Å². The van der Waals surface area contributed by atoms with Gasteiger partial charge in [-0.25, -0.2) is 0 Å². The average Bonchev–Trinajstić information content (AvgIpc) is 3.02. The SMILES string of the molecule is COc1cc(O)c2c(=O)c(O[C@H]3O[C@@H](CO)[C@H](O[C@H]4O[C@H](CO)[C@@H](O)[C@H](O)[C@@H]4O)[C@@H](O)[C@H]3O)c(-c3ccc(O)c(O)c3)oc2c1. The highest BCUT2D eigenvalue weighted by atomic mass is 16.7. The topological polar surface area (TPSA) is 279 Å². The number of fused-ring (bicyclic) bond motifs is 1. The van der Waals surface area contributed by atoms with Crippen molar-refractivity contribution in [3.8, 4) is 40.1 Å². The molecule has 2 fully saturated rings. The van der Waals surface area contributed by atoms with Gasteiger partial charge in [0.1, 0.15) is 71.3 Å². The quantitative estimate of drug-likeness (QED) is 0.115. The molecule has 0 spiro atoms. The van der Waals surface area contributed by atoms with Crippen LogP contribution < -0.4 is 14.9 Å². The minimum Gasteiger partial charge on any atom is -0.507 e. The van der Waals surface area contributed by atoms with Crippen molar-refractivity contribution in [3.05, 3.63) is 40.6 Å². The van der Waals surface area contributed by atoms with E-state index in [9.17, 15) is 55.9 Å². The lowest BCUT2D eigenvalue weighted by Gasteiger charge is -2.45. The number of hydrogen-bond donors (Lipinski definition) is 10. The van der Waals surface area contributed by atoms with E-state index in [1.165, 1.54) is 19.2 Å². The summed E-state index contributed by atoms with van der Waals surface area (Å²) in [6, 6.07) is 5.83. The van der Waals surface area contributed by atoms with E-state index in [-0.39, 0.29) is 28.0 Å². The number of phenols is 3. The predicted octanol–water partition coefficient (Wildman–Crippen LogP) is -2.41. The molecule has 3 heterocycles. The standard InChI is InChI=1S/C28H32O17/c1-40-10-5-13(33)17-14(6-10)41-24(9-2-3-11(31)12(32)4-9)26(19(17)35)45-28-23(39)21(37)25(16(8-30)43-28)44-27-22(38)20(36)18(34)15(7-29)42-27/h2-6,15-16,18,20-23,25,27-34,36-39H,7-8H2,1H3/t15-,16+,18-,20+,21+,22+,23-,25+,27-,28-/m1/s1. The van der Waals surface area contributed by atoms with Crippen molar-refractivity contribution < 1.29 is 79.2 Å². The van der Waals surface area contributed by atoms with Crippen LogP contribution in [0.4, 0.5) is 0 Å². The maximum Gasteiger partial charge on any atom is 0.239 e. The highest BCUT2D eigenvalue weighted by Gasteiger charge is 2.51. The molecule has 10 atom stereocenters. The van der Waals surface area contributed by atoms with Crippen LogP contribution >= 0.6 is 0 Å². The smallest absolute Gasteiger partial charge is 0.239 e. The molecular formula is C28H32O17. The molecule has 2 aliphatic rings. The van der Waals surface area contributed by atoms with Gasteiger partial charge in [0.05, 0.1) is 20.3 Å². The van der Waals surface area contributed by atoms with E-state index < -0.39 is 103 Å². The first-order chi connectivity index (χ1) is 21.4. The molecule has 0 saturated carbocycles. The Morgan fingerprint density at radius 1 is 0.756 bits per heavy atom. The lowest BCUT2D eigenvalue weighted by atomic mass is 9.97. The molecule has 0 bridgehead atoms. The number of ether oxygens (including phenoxy) is 5. The number of aromatic hydroxyl groups is 3. The molecular weight excluding hydrogens is 608 g/mol. The molecule has 45 heavy (non-hydrogen) atoms. The van der Waals surface area contributed by atoms with E-state index in [2.05, 4.69) is 0 Å². The van der Waals surface area contributed by atoms with Gasteiger partial charge in [-0.3, -0.25) is 4.79 Å². The summed E-state index contributed by atoms with van der Waals surface area (Å²) in [5.41, 5.74) is -1.15. The summed E-state index contributed by atoms with van der Waals surface area (Å²) in [6.07, 6.45) is -17.6. The van der Waals surface area contributed by atoms with Crippen molar-refractivity contribution in [3.63, 3.8) is 0 Å². The number of aliphatic hydroxyl groups excluding tert-OH is 7. The Morgan fingerprint density at radius 3 is 2.07 bits per heavy atom. The van der Waals surface area contributed by atoms with Gasteiger partial charge in [-0.2, -0.15) is 0 Å². The minimum absolute atomic E-state index is 0.00464. The molecule has 0 amide bonds. The summed E-state index contributed by atoms with van der Waals surface area (Å²) >= 11 is 0. The Bertz CT molecular complexity index is 1570. The largest absolute Gasteiger partial charge is 0.507 e. The van der Waals surface area contributed by atoms with Gasteiger partial charge in [-0.05, 0) is 18.2 Å².